The van der Waals surface area contributed by atoms with E-state index < -0.39 is 0 Å². The van der Waals surface area contributed by atoms with Crippen molar-refractivity contribution in [3.63, 3.8) is 0 Å². The van der Waals surface area contributed by atoms with E-state index in [1.807, 2.05) is 42.5 Å². The molecule has 0 N–H and O–H groups in total. The number of aromatic nitrogens is 2. The maximum absolute atomic E-state index is 6.34. The zero-order valence-electron chi connectivity index (χ0n) is 21.6. The standard InChI is InChI=1S/C35H29ClN2/c1-3-26(18-17-25(2)27-11-6-4-7-12-27)35-37-33(24-34(38-35)31-15-10-16-32(36)23-31)30-21-19-29(20-22-30)28-13-8-5-9-14-28/h4-24H,3H2,1-2H3/b25-17+,26-18+. The van der Waals surface area contributed by atoms with Crippen LogP contribution in [0, 0.1) is 0 Å². The molecule has 0 bridgehead atoms. The smallest absolute Gasteiger partial charge is 0.156 e. The number of rotatable bonds is 7. The van der Waals surface area contributed by atoms with Crippen LogP contribution >= 0.6 is 11.6 Å². The van der Waals surface area contributed by atoms with Crippen LogP contribution in [-0.2, 0) is 0 Å². The fraction of sp³-hybridized carbons (Fsp3) is 0.0857. The van der Waals surface area contributed by atoms with Gasteiger partial charge in [0.05, 0.1) is 11.4 Å². The van der Waals surface area contributed by atoms with Crippen LogP contribution in [0.5, 0.6) is 0 Å². The number of halogens is 1. The molecule has 38 heavy (non-hydrogen) atoms. The Balaban J connectivity index is 1.58. The molecule has 5 rings (SSSR count). The minimum absolute atomic E-state index is 0.684. The minimum Gasteiger partial charge on any atom is -0.228 e. The lowest BCUT2D eigenvalue weighted by Crippen LogP contribution is -1.99. The van der Waals surface area contributed by atoms with E-state index in [-0.39, 0.29) is 0 Å². The van der Waals surface area contributed by atoms with Gasteiger partial charge in [-0.15, -0.1) is 0 Å². The van der Waals surface area contributed by atoms with E-state index in [4.69, 9.17) is 21.6 Å². The highest BCUT2D eigenvalue weighted by atomic mass is 35.5. The lowest BCUT2D eigenvalue weighted by Gasteiger charge is -2.11. The van der Waals surface area contributed by atoms with E-state index in [1.165, 1.54) is 22.3 Å². The highest BCUT2D eigenvalue weighted by Gasteiger charge is 2.12. The normalized spacial score (nSPS) is 12.0. The Labute approximate surface area is 230 Å². The van der Waals surface area contributed by atoms with Gasteiger partial charge in [0.1, 0.15) is 0 Å². The zero-order valence-corrected chi connectivity index (χ0v) is 22.4. The van der Waals surface area contributed by atoms with E-state index in [0.717, 1.165) is 40.3 Å². The van der Waals surface area contributed by atoms with Gasteiger partial charge in [0.15, 0.2) is 5.82 Å². The Morgan fingerprint density at radius 2 is 1.21 bits per heavy atom. The van der Waals surface area contributed by atoms with E-state index in [9.17, 15) is 0 Å². The molecule has 0 aliphatic rings. The SMILES string of the molecule is CC/C(=C\C=C(/C)c1ccccc1)c1nc(-c2ccc(-c3ccccc3)cc2)cc(-c2cccc(Cl)c2)n1. The van der Waals surface area contributed by atoms with Crippen LogP contribution < -0.4 is 0 Å². The van der Waals surface area contributed by atoms with Crippen LogP contribution in [0.1, 0.15) is 31.7 Å². The Hall–Kier alpha value is -4.27. The van der Waals surface area contributed by atoms with Gasteiger partial charge in [-0.25, -0.2) is 9.97 Å². The third kappa shape index (κ3) is 5.99. The minimum atomic E-state index is 0.684. The molecule has 5 aromatic rings. The van der Waals surface area contributed by atoms with Crippen molar-refractivity contribution in [3.05, 3.63) is 144 Å². The molecule has 0 fully saturated rings. The third-order valence-corrected chi connectivity index (χ3v) is 6.80. The second-order valence-electron chi connectivity index (χ2n) is 9.18. The largest absolute Gasteiger partial charge is 0.228 e. The summed E-state index contributed by atoms with van der Waals surface area (Å²) in [5.41, 5.74) is 9.58. The zero-order chi connectivity index (χ0) is 26.3. The highest BCUT2D eigenvalue weighted by Crippen LogP contribution is 2.30. The predicted octanol–water partition coefficient (Wildman–Crippen LogP) is 10.0. The summed E-state index contributed by atoms with van der Waals surface area (Å²) in [6.45, 7) is 4.27. The molecule has 186 valence electrons. The summed E-state index contributed by atoms with van der Waals surface area (Å²) < 4.78 is 0. The van der Waals surface area contributed by atoms with E-state index >= 15 is 0 Å². The van der Waals surface area contributed by atoms with Gasteiger partial charge in [0, 0.05) is 16.1 Å². The molecule has 4 aromatic carbocycles. The fourth-order valence-electron chi connectivity index (χ4n) is 4.37. The number of nitrogens with zero attached hydrogens (tertiary/aromatic N) is 2. The molecular weight excluding hydrogens is 484 g/mol. The quantitative estimate of drug-likeness (QED) is 0.203. The van der Waals surface area contributed by atoms with Crippen LogP contribution in [0.2, 0.25) is 5.02 Å². The van der Waals surface area contributed by atoms with Crippen molar-refractivity contribution in [3.8, 4) is 33.6 Å². The summed E-state index contributed by atoms with van der Waals surface area (Å²) in [5.74, 6) is 0.726. The van der Waals surface area contributed by atoms with Crippen molar-refractivity contribution in [2.75, 3.05) is 0 Å². The van der Waals surface area contributed by atoms with Crippen LogP contribution in [0.4, 0.5) is 0 Å². The molecule has 1 aromatic heterocycles. The summed E-state index contributed by atoms with van der Waals surface area (Å²) >= 11 is 6.34. The highest BCUT2D eigenvalue weighted by molar-refractivity contribution is 6.30. The summed E-state index contributed by atoms with van der Waals surface area (Å²) in [6, 6.07) is 39.2. The maximum Gasteiger partial charge on any atom is 0.156 e. The van der Waals surface area contributed by atoms with Gasteiger partial charge in [0.25, 0.3) is 0 Å². The van der Waals surface area contributed by atoms with Crippen molar-refractivity contribution in [1.29, 1.82) is 0 Å². The molecule has 0 spiro atoms. The van der Waals surface area contributed by atoms with Crippen molar-refractivity contribution in [1.82, 2.24) is 9.97 Å². The second-order valence-corrected chi connectivity index (χ2v) is 9.61. The third-order valence-electron chi connectivity index (χ3n) is 6.57. The van der Waals surface area contributed by atoms with Crippen molar-refractivity contribution >= 4 is 22.7 Å². The number of hydrogen-bond donors (Lipinski definition) is 0. The van der Waals surface area contributed by atoms with Gasteiger partial charge in [-0.2, -0.15) is 0 Å². The van der Waals surface area contributed by atoms with Crippen molar-refractivity contribution < 1.29 is 0 Å². The van der Waals surface area contributed by atoms with Crippen LogP contribution in [0.25, 0.3) is 44.8 Å². The lowest BCUT2D eigenvalue weighted by molar-refractivity contribution is 1.08. The van der Waals surface area contributed by atoms with Gasteiger partial charge >= 0.3 is 0 Å². The molecule has 0 saturated carbocycles. The van der Waals surface area contributed by atoms with Gasteiger partial charge < -0.3 is 0 Å². The van der Waals surface area contributed by atoms with E-state index in [1.54, 1.807) is 0 Å². The Morgan fingerprint density at radius 1 is 0.632 bits per heavy atom. The molecule has 0 amide bonds. The summed E-state index contributed by atoms with van der Waals surface area (Å²) in [5, 5.41) is 0.684. The van der Waals surface area contributed by atoms with Gasteiger partial charge in [0.2, 0.25) is 0 Å². The van der Waals surface area contributed by atoms with Crippen LogP contribution in [0.3, 0.4) is 0 Å². The van der Waals surface area contributed by atoms with Crippen molar-refractivity contribution in [2.45, 2.75) is 20.3 Å². The van der Waals surface area contributed by atoms with E-state index in [0.29, 0.717) is 5.02 Å². The molecule has 0 atom stereocenters. The predicted molar refractivity (Wildman–Crippen MR) is 162 cm³/mol. The summed E-state index contributed by atoms with van der Waals surface area (Å²) in [6.07, 6.45) is 5.10. The average Bonchev–Trinajstić information content (AvgIpc) is 2.98. The summed E-state index contributed by atoms with van der Waals surface area (Å²) in [7, 11) is 0. The van der Waals surface area contributed by atoms with Crippen LogP contribution in [0.15, 0.2) is 127 Å². The monoisotopic (exact) mass is 512 g/mol. The Morgan fingerprint density at radius 3 is 1.87 bits per heavy atom. The molecule has 3 heteroatoms. The number of benzene rings is 4. The molecule has 2 nitrogen and oxygen atoms in total. The maximum atomic E-state index is 6.34. The Kier molecular flexibility index (Phi) is 7.92. The molecule has 0 aliphatic carbocycles. The van der Waals surface area contributed by atoms with Crippen LogP contribution in [-0.4, -0.2) is 9.97 Å². The first-order valence-corrected chi connectivity index (χ1v) is 13.2. The summed E-state index contributed by atoms with van der Waals surface area (Å²) in [4.78, 5) is 10.0. The second kappa shape index (κ2) is 11.9. The van der Waals surface area contributed by atoms with Gasteiger partial charge in [-0.1, -0.05) is 128 Å². The molecule has 0 unspecified atom stereocenters. The molecule has 0 saturated heterocycles. The molecule has 0 radical (unpaired) electrons. The van der Waals surface area contributed by atoms with Crippen molar-refractivity contribution in [2.24, 2.45) is 0 Å². The van der Waals surface area contributed by atoms with Gasteiger partial charge in [-0.3, -0.25) is 0 Å². The Bertz CT molecular complexity index is 1580. The lowest BCUT2D eigenvalue weighted by atomic mass is 10.0. The molecule has 1 heterocycles. The average molecular weight is 513 g/mol. The topological polar surface area (TPSA) is 25.8 Å². The van der Waals surface area contributed by atoms with Gasteiger partial charge in [-0.05, 0) is 59.4 Å². The molecular formula is C35H29ClN2. The molecule has 0 aliphatic heterocycles. The first kappa shape index (κ1) is 25.4. The van der Waals surface area contributed by atoms with E-state index in [2.05, 4.69) is 98.8 Å². The first-order valence-electron chi connectivity index (χ1n) is 12.8. The fourth-order valence-corrected chi connectivity index (χ4v) is 4.56. The number of allylic oxidation sites excluding steroid dienone is 4. The number of hydrogen-bond acceptors (Lipinski definition) is 2. The first-order chi connectivity index (χ1) is 18.6.